The second-order valence-electron chi connectivity index (χ2n) is 3.26. The lowest BCUT2D eigenvalue weighted by Gasteiger charge is -2.04. The number of aliphatic carboxylic acids is 1. The van der Waals surface area contributed by atoms with Crippen LogP contribution in [0.2, 0.25) is 0 Å². The number of rotatable bonds is 6. The predicted molar refractivity (Wildman–Crippen MR) is 61.2 cm³/mol. The highest BCUT2D eigenvalue weighted by Gasteiger charge is 2.13. The molecule has 0 saturated carbocycles. The average Bonchev–Trinajstić information content (AvgIpc) is 2.29. The summed E-state index contributed by atoms with van der Waals surface area (Å²) in [6.07, 6.45) is 0. The molecule has 0 aliphatic carbocycles. The zero-order valence-electron chi connectivity index (χ0n) is 9.11. The van der Waals surface area contributed by atoms with Gasteiger partial charge in [-0.2, -0.15) is 0 Å². The fourth-order valence-electron chi connectivity index (χ4n) is 1.31. The number of nitro benzene ring substituents is 1. The van der Waals surface area contributed by atoms with Crippen LogP contribution in [0.5, 0.6) is 0 Å². The highest BCUT2D eigenvalue weighted by atomic mass is 16.6. The summed E-state index contributed by atoms with van der Waals surface area (Å²) in [7, 11) is 0. The minimum absolute atomic E-state index is 0.00258. The Labute approximate surface area is 101 Å². The van der Waals surface area contributed by atoms with E-state index in [1.165, 1.54) is 18.2 Å². The number of nitrogens with one attached hydrogen (secondary N) is 1. The zero-order valence-corrected chi connectivity index (χ0v) is 9.11. The summed E-state index contributed by atoms with van der Waals surface area (Å²) < 4.78 is 0. The van der Waals surface area contributed by atoms with Gasteiger partial charge in [0.25, 0.3) is 5.69 Å². The number of carboxylic acid groups (broad SMARTS) is 1. The zero-order chi connectivity index (χ0) is 13.5. The van der Waals surface area contributed by atoms with E-state index in [0.717, 1.165) is 0 Å². The molecule has 0 fully saturated rings. The van der Waals surface area contributed by atoms with Gasteiger partial charge in [-0.25, -0.2) is 0 Å². The van der Waals surface area contributed by atoms with Gasteiger partial charge in [-0.3, -0.25) is 14.9 Å². The van der Waals surface area contributed by atoms with E-state index in [0.29, 0.717) is 0 Å². The summed E-state index contributed by atoms with van der Waals surface area (Å²) >= 11 is 0. The number of hydrogen-bond acceptors (Lipinski definition) is 5. The van der Waals surface area contributed by atoms with E-state index in [4.69, 9.17) is 10.6 Å². The lowest BCUT2D eigenvalue weighted by atomic mass is 10.1. The molecule has 1 aromatic rings. The number of carboxylic acids is 1. The van der Waals surface area contributed by atoms with Crippen LogP contribution in [0.4, 0.5) is 11.4 Å². The largest absolute Gasteiger partial charge is 0.480 e. The molecule has 0 aliphatic rings. The number of nitrogens with zero attached hydrogens (tertiary/aromatic N) is 4. The standard InChI is InChI=1S/C9H9N5O4/c10-13-12-7-1-2-8(14(17)18)6(3-7)4-11-5-9(15)16/h1-3,11H,4-5H2,(H,15,16). The van der Waals surface area contributed by atoms with Crippen molar-refractivity contribution in [3.05, 3.63) is 44.3 Å². The van der Waals surface area contributed by atoms with Crippen molar-refractivity contribution in [3.8, 4) is 0 Å². The molecule has 0 amide bonds. The summed E-state index contributed by atoms with van der Waals surface area (Å²) in [4.78, 5) is 23.0. The molecular formula is C9H9N5O4. The van der Waals surface area contributed by atoms with Crippen LogP contribution < -0.4 is 5.32 Å². The second kappa shape index (κ2) is 6.18. The van der Waals surface area contributed by atoms with Gasteiger partial charge in [-0.05, 0) is 17.7 Å². The van der Waals surface area contributed by atoms with Crippen molar-refractivity contribution in [3.63, 3.8) is 0 Å². The Kier molecular flexibility index (Phi) is 4.61. The van der Waals surface area contributed by atoms with E-state index in [9.17, 15) is 14.9 Å². The Morgan fingerprint density at radius 2 is 2.33 bits per heavy atom. The number of carbonyl (C=O) groups is 1. The maximum atomic E-state index is 10.7. The maximum absolute atomic E-state index is 10.7. The SMILES string of the molecule is [N-]=[N+]=Nc1ccc([N+](=O)[O-])c(CNCC(=O)O)c1. The molecule has 0 aromatic heterocycles. The van der Waals surface area contributed by atoms with Crippen molar-refractivity contribution in [2.45, 2.75) is 6.54 Å². The third kappa shape index (κ3) is 3.74. The summed E-state index contributed by atoms with van der Waals surface area (Å²) in [6, 6.07) is 3.87. The molecule has 0 spiro atoms. The fraction of sp³-hybridized carbons (Fsp3) is 0.222. The summed E-state index contributed by atoms with van der Waals surface area (Å²) in [5.74, 6) is -1.07. The van der Waals surface area contributed by atoms with Gasteiger partial charge in [0, 0.05) is 28.8 Å². The van der Waals surface area contributed by atoms with E-state index in [-0.39, 0.29) is 30.0 Å². The van der Waals surface area contributed by atoms with Crippen molar-refractivity contribution < 1.29 is 14.8 Å². The maximum Gasteiger partial charge on any atom is 0.317 e. The molecule has 1 aromatic carbocycles. The van der Waals surface area contributed by atoms with Crippen LogP contribution in [0.1, 0.15) is 5.56 Å². The van der Waals surface area contributed by atoms with E-state index in [2.05, 4.69) is 15.3 Å². The van der Waals surface area contributed by atoms with E-state index in [1.54, 1.807) is 0 Å². The molecule has 0 heterocycles. The first-order chi connectivity index (χ1) is 8.54. The Morgan fingerprint density at radius 1 is 1.61 bits per heavy atom. The molecule has 0 unspecified atom stereocenters. The Balaban J connectivity index is 2.96. The normalized spacial score (nSPS) is 9.56. The first-order valence-corrected chi connectivity index (χ1v) is 4.79. The molecule has 0 atom stereocenters. The lowest BCUT2D eigenvalue weighted by Crippen LogP contribution is -2.22. The van der Waals surface area contributed by atoms with Crippen molar-refractivity contribution in [2.24, 2.45) is 5.11 Å². The lowest BCUT2D eigenvalue weighted by molar-refractivity contribution is -0.385. The van der Waals surface area contributed by atoms with Crippen molar-refractivity contribution in [1.82, 2.24) is 5.32 Å². The third-order valence-electron chi connectivity index (χ3n) is 2.01. The van der Waals surface area contributed by atoms with Crippen molar-refractivity contribution in [2.75, 3.05) is 6.54 Å². The van der Waals surface area contributed by atoms with Gasteiger partial charge in [0.2, 0.25) is 0 Å². The predicted octanol–water partition coefficient (Wildman–Crippen LogP) is 1.71. The van der Waals surface area contributed by atoms with Gasteiger partial charge in [0.1, 0.15) is 0 Å². The molecule has 0 aliphatic heterocycles. The molecule has 1 rings (SSSR count). The summed E-state index contributed by atoms with van der Waals surface area (Å²) in [5, 5.41) is 25.0. The van der Waals surface area contributed by atoms with Crippen LogP contribution in [0.25, 0.3) is 10.4 Å². The first-order valence-electron chi connectivity index (χ1n) is 4.79. The van der Waals surface area contributed by atoms with Crippen LogP contribution in [-0.4, -0.2) is 22.5 Å². The third-order valence-corrected chi connectivity index (χ3v) is 2.01. The van der Waals surface area contributed by atoms with Crippen LogP contribution >= 0.6 is 0 Å². The molecule has 2 N–H and O–H groups in total. The molecule has 94 valence electrons. The Hall–Kier alpha value is -2.64. The minimum Gasteiger partial charge on any atom is -0.480 e. The van der Waals surface area contributed by atoms with E-state index < -0.39 is 10.9 Å². The average molecular weight is 251 g/mol. The monoisotopic (exact) mass is 251 g/mol. The highest BCUT2D eigenvalue weighted by Crippen LogP contribution is 2.24. The molecule has 0 radical (unpaired) electrons. The summed E-state index contributed by atoms with van der Waals surface area (Å²) in [6.45, 7) is -0.319. The van der Waals surface area contributed by atoms with Gasteiger partial charge in [-0.15, -0.1) is 0 Å². The molecule has 9 heteroatoms. The molecule has 18 heavy (non-hydrogen) atoms. The van der Waals surface area contributed by atoms with E-state index >= 15 is 0 Å². The number of hydrogen-bond donors (Lipinski definition) is 2. The molecule has 0 bridgehead atoms. The van der Waals surface area contributed by atoms with Gasteiger partial charge in [0.05, 0.1) is 11.5 Å². The fourth-order valence-corrected chi connectivity index (χ4v) is 1.31. The van der Waals surface area contributed by atoms with E-state index in [1.807, 2.05) is 0 Å². The Bertz CT molecular complexity index is 524. The van der Waals surface area contributed by atoms with Crippen LogP contribution in [-0.2, 0) is 11.3 Å². The number of azide groups is 1. The van der Waals surface area contributed by atoms with Crippen molar-refractivity contribution >= 4 is 17.3 Å². The van der Waals surface area contributed by atoms with Gasteiger partial charge in [-0.1, -0.05) is 5.11 Å². The molecule has 0 saturated heterocycles. The summed E-state index contributed by atoms with van der Waals surface area (Å²) in [5.41, 5.74) is 8.59. The van der Waals surface area contributed by atoms with Gasteiger partial charge < -0.3 is 10.4 Å². The topological polar surface area (TPSA) is 141 Å². The van der Waals surface area contributed by atoms with Gasteiger partial charge in [0.15, 0.2) is 0 Å². The second-order valence-corrected chi connectivity index (χ2v) is 3.26. The van der Waals surface area contributed by atoms with Crippen LogP contribution in [0.3, 0.4) is 0 Å². The number of benzene rings is 1. The highest BCUT2D eigenvalue weighted by molar-refractivity contribution is 5.69. The Morgan fingerprint density at radius 3 is 2.89 bits per heavy atom. The van der Waals surface area contributed by atoms with Crippen molar-refractivity contribution in [1.29, 1.82) is 0 Å². The first kappa shape index (κ1) is 13.4. The van der Waals surface area contributed by atoms with Gasteiger partial charge >= 0.3 is 5.97 Å². The molecule has 9 nitrogen and oxygen atoms in total. The quantitative estimate of drug-likeness (QED) is 0.260. The molecular weight excluding hydrogens is 242 g/mol. The van der Waals surface area contributed by atoms with Crippen LogP contribution in [0, 0.1) is 10.1 Å². The van der Waals surface area contributed by atoms with Crippen LogP contribution in [0.15, 0.2) is 23.3 Å². The smallest absolute Gasteiger partial charge is 0.317 e. The number of nitro groups is 1. The minimum atomic E-state index is -1.07.